The number of thioether (sulfide) groups is 1. The molecule has 0 radical (unpaired) electrons. The lowest BCUT2D eigenvalue weighted by atomic mass is 10.2. The molecule has 0 fully saturated rings. The maximum absolute atomic E-state index is 13.2. The van der Waals surface area contributed by atoms with Crippen molar-refractivity contribution >= 4 is 17.7 Å². The van der Waals surface area contributed by atoms with Crippen molar-refractivity contribution in [2.24, 2.45) is 5.73 Å². The summed E-state index contributed by atoms with van der Waals surface area (Å²) >= 11 is 1.23. The van der Waals surface area contributed by atoms with Gasteiger partial charge in [0.25, 0.3) is 0 Å². The van der Waals surface area contributed by atoms with Crippen LogP contribution in [0.1, 0.15) is 25.7 Å². The Balaban J connectivity index is 2.51. The lowest BCUT2D eigenvalue weighted by Gasteiger charge is -2.20. The van der Waals surface area contributed by atoms with Gasteiger partial charge in [0.1, 0.15) is 5.82 Å². The van der Waals surface area contributed by atoms with Crippen molar-refractivity contribution in [1.82, 2.24) is 19.7 Å². The van der Waals surface area contributed by atoms with Gasteiger partial charge in [-0.25, -0.2) is 4.39 Å². The van der Waals surface area contributed by atoms with E-state index in [2.05, 4.69) is 10.2 Å². The van der Waals surface area contributed by atoms with Crippen LogP contribution in [-0.2, 0) is 4.79 Å². The molecule has 6 nitrogen and oxygen atoms in total. The van der Waals surface area contributed by atoms with Gasteiger partial charge in [-0.05, 0) is 52.2 Å². The predicted octanol–water partition coefficient (Wildman–Crippen LogP) is 1.99. The number of aromatic nitrogens is 3. The Morgan fingerprint density at radius 3 is 2.39 bits per heavy atom. The summed E-state index contributed by atoms with van der Waals surface area (Å²) in [6.07, 6.45) is 0. The summed E-state index contributed by atoms with van der Waals surface area (Å²) in [6, 6.07) is 6.06. The zero-order valence-electron chi connectivity index (χ0n) is 13.5. The molecule has 0 saturated heterocycles. The first-order valence-corrected chi connectivity index (χ1v) is 8.03. The zero-order chi connectivity index (χ0) is 17.1. The molecular weight excluding hydrogens is 317 g/mol. The van der Waals surface area contributed by atoms with Crippen LogP contribution >= 0.6 is 11.8 Å². The molecule has 0 bridgehead atoms. The highest BCUT2D eigenvalue weighted by molar-refractivity contribution is 8.00. The van der Waals surface area contributed by atoms with Crippen LogP contribution in [0.15, 0.2) is 29.4 Å². The van der Waals surface area contributed by atoms with E-state index in [0.717, 1.165) is 5.69 Å². The number of primary amides is 1. The van der Waals surface area contributed by atoms with E-state index >= 15 is 0 Å². The Bertz CT molecular complexity index is 686. The summed E-state index contributed by atoms with van der Waals surface area (Å²) in [5.74, 6) is -0.0321. The fraction of sp³-hybridized carbons (Fsp3) is 0.400. The number of amides is 1. The number of halogens is 1. The van der Waals surface area contributed by atoms with Crippen LogP contribution < -0.4 is 5.73 Å². The lowest BCUT2D eigenvalue weighted by molar-refractivity contribution is -0.117. The van der Waals surface area contributed by atoms with Crippen molar-refractivity contribution < 1.29 is 9.18 Å². The van der Waals surface area contributed by atoms with E-state index in [-0.39, 0.29) is 11.9 Å². The number of carbonyl (C=O) groups is 1. The Labute approximate surface area is 138 Å². The Kier molecular flexibility index (Phi) is 5.38. The minimum Gasteiger partial charge on any atom is -0.369 e. The molecule has 0 aliphatic rings. The summed E-state index contributed by atoms with van der Waals surface area (Å²) in [4.78, 5) is 13.3. The first kappa shape index (κ1) is 17.4. The largest absolute Gasteiger partial charge is 0.369 e. The monoisotopic (exact) mass is 337 g/mol. The van der Waals surface area contributed by atoms with Gasteiger partial charge in [-0.2, -0.15) is 0 Å². The molecule has 124 valence electrons. The number of hydrogen-bond donors (Lipinski definition) is 1. The molecule has 2 aromatic rings. The van der Waals surface area contributed by atoms with Crippen LogP contribution in [0, 0.1) is 5.82 Å². The highest BCUT2D eigenvalue weighted by Crippen LogP contribution is 2.29. The maximum Gasteiger partial charge on any atom is 0.230 e. The van der Waals surface area contributed by atoms with E-state index in [1.165, 1.54) is 23.9 Å². The Morgan fingerprint density at radius 2 is 1.87 bits per heavy atom. The van der Waals surface area contributed by atoms with Gasteiger partial charge in [-0.1, -0.05) is 11.8 Å². The quantitative estimate of drug-likeness (QED) is 0.816. The summed E-state index contributed by atoms with van der Waals surface area (Å²) in [5, 5.41) is 8.55. The summed E-state index contributed by atoms with van der Waals surface area (Å²) < 4.78 is 15.0. The molecule has 2 N–H and O–H groups in total. The van der Waals surface area contributed by atoms with Gasteiger partial charge >= 0.3 is 0 Å². The smallest absolute Gasteiger partial charge is 0.230 e. The predicted molar refractivity (Wildman–Crippen MR) is 87.9 cm³/mol. The second kappa shape index (κ2) is 7.10. The minimum atomic E-state index is -0.444. The normalized spacial score (nSPS) is 14.0. The molecule has 0 aliphatic heterocycles. The van der Waals surface area contributed by atoms with Crippen LogP contribution in [0.5, 0.6) is 0 Å². The SMILES string of the molecule is C[C@@H](Sc1nnc([C@H](C)N(C)C)n1-c1ccc(F)cc1)C(N)=O. The third-order valence-electron chi connectivity index (χ3n) is 3.57. The van der Waals surface area contributed by atoms with Crippen molar-refractivity contribution in [1.29, 1.82) is 0 Å². The molecule has 0 aliphatic carbocycles. The molecule has 1 aromatic heterocycles. The van der Waals surface area contributed by atoms with Crippen molar-refractivity contribution in [3.8, 4) is 5.69 Å². The van der Waals surface area contributed by atoms with Crippen molar-refractivity contribution in [3.05, 3.63) is 35.9 Å². The summed E-state index contributed by atoms with van der Waals surface area (Å²) in [5.41, 5.74) is 6.07. The average Bonchev–Trinajstić information content (AvgIpc) is 2.90. The van der Waals surface area contributed by atoms with E-state index in [1.807, 2.05) is 30.5 Å². The van der Waals surface area contributed by atoms with Crippen LogP contribution in [0.25, 0.3) is 5.69 Å². The van der Waals surface area contributed by atoms with E-state index < -0.39 is 11.2 Å². The van der Waals surface area contributed by atoms with E-state index in [9.17, 15) is 9.18 Å². The standard InChI is InChI=1S/C15H20FN5OS/c1-9(20(3)4)14-18-19-15(23-10(2)13(17)22)21(14)12-7-5-11(16)6-8-12/h5-10H,1-4H3,(H2,17,22)/t9-,10+/m0/s1. The molecule has 0 spiro atoms. The second-order valence-corrected chi connectivity index (χ2v) is 6.76. The molecule has 1 amide bonds. The molecule has 0 unspecified atom stereocenters. The number of hydrogen-bond acceptors (Lipinski definition) is 5. The number of benzene rings is 1. The average molecular weight is 337 g/mol. The third-order valence-corrected chi connectivity index (χ3v) is 4.64. The Hall–Kier alpha value is -1.93. The van der Waals surface area contributed by atoms with Gasteiger partial charge in [0.15, 0.2) is 11.0 Å². The molecule has 8 heteroatoms. The molecule has 23 heavy (non-hydrogen) atoms. The van der Waals surface area contributed by atoms with Crippen molar-refractivity contribution in [2.45, 2.75) is 30.3 Å². The Morgan fingerprint density at radius 1 is 1.26 bits per heavy atom. The fourth-order valence-corrected chi connectivity index (χ4v) is 2.73. The van der Waals surface area contributed by atoms with E-state index in [4.69, 9.17) is 5.73 Å². The lowest BCUT2D eigenvalue weighted by Crippen LogP contribution is -2.23. The molecule has 1 aromatic carbocycles. The second-order valence-electron chi connectivity index (χ2n) is 5.45. The molecule has 0 saturated carbocycles. The number of rotatable bonds is 6. The van der Waals surface area contributed by atoms with Gasteiger partial charge in [0.05, 0.1) is 11.3 Å². The summed E-state index contributed by atoms with van der Waals surface area (Å²) in [7, 11) is 3.88. The minimum absolute atomic E-state index is 0.00853. The van der Waals surface area contributed by atoms with E-state index in [0.29, 0.717) is 11.0 Å². The van der Waals surface area contributed by atoms with Gasteiger partial charge in [0.2, 0.25) is 5.91 Å². The van der Waals surface area contributed by atoms with E-state index in [1.54, 1.807) is 19.1 Å². The number of carbonyl (C=O) groups excluding carboxylic acids is 1. The molecule has 2 rings (SSSR count). The van der Waals surface area contributed by atoms with Gasteiger partial charge in [-0.3, -0.25) is 14.3 Å². The number of nitrogens with two attached hydrogens (primary N) is 1. The number of nitrogens with zero attached hydrogens (tertiary/aromatic N) is 4. The van der Waals surface area contributed by atoms with Crippen molar-refractivity contribution in [2.75, 3.05) is 14.1 Å². The van der Waals surface area contributed by atoms with Crippen LogP contribution in [0.3, 0.4) is 0 Å². The van der Waals surface area contributed by atoms with Gasteiger partial charge < -0.3 is 5.73 Å². The molecular formula is C15H20FN5OS. The zero-order valence-corrected chi connectivity index (χ0v) is 14.3. The van der Waals surface area contributed by atoms with Gasteiger partial charge in [0, 0.05) is 5.69 Å². The fourth-order valence-electron chi connectivity index (χ4n) is 1.91. The summed E-state index contributed by atoms with van der Waals surface area (Å²) in [6.45, 7) is 3.71. The molecule has 1 heterocycles. The van der Waals surface area contributed by atoms with Crippen LogP contribution in [0.2, 0.25) is 0 Å². The maximum atomic E-state index is 13.2. The van der Waals surface area contributed by atoms with Crippen molar-refractivity contribution in [3.63, 3.8) is 0 Å². The van der Waals surface area contributed by atoms with Crippen LogP contribution in [0.4, 0.5) is 4.39 Å². The van der Waals surface area contributed by atoms with Crippen LogP contribution in [-0.4, -0.2) is 44.9 Å². The molecule has 2 atom stereocenters. The first-order valence-electron chi connectivity index (χ1n) is 7.15. The van der Waals surface area contributed by atoms with Gasteiger partial charge in [-0.15, -0.1) is 10.2 Å². The highest BCUT2D eigenvalue weighted by atomic mass is 32.2. The highest BCUT2D eigenvalue weighted by Gasteiger charge is 2.23. The topological polar surface area (TPSA) is 77.0 Å². The third kappa shape index (κ3) is 3.89. The first-order chi connectivity index (χ1) is 10.8.